The number of carboxylic acid groups (broad SMARTS) is 1. The van der Waals surface area contributed by atoms with Crippen LogP contribution in [0.15, 0.2) is 24.3 Å². The van der Waals surface area contributed by atoms with E-state index >= 15 is 0 Å². The third kappa shape index (κ3) is 2.42. The Labute approximate surface area is 101 Å². The van der Waals surface area contributed by atoms with E-state index in [0.29, 0.717) is 18.7 Å². The molecule has 4 heteroatoms. The van der Waals surface area contributed by atoms with Crippen molar-refractivity contribution in [3.05, 3.63) is 29.8 Å². The van der Waals surface area contributed by atoms with Crippen LogP contribution in [-0.2, 0) is 4.79 Å². The van der Waals surface area contributed by atoms with E-state index in [4.69, 9.17) is 4.74 Å². The largest absolute Gasteiger partial charge is 0.478 e. The zero-order valence-corrected chi connectivity index (χ0v) is 9.90. The average Bonchev–Trinajstić information content (AvgIpc) is 2.33. The van der Waals surface area contributed by atoms with Crippen molar-refractivity contribution in [3.8, 4) is 5.75 Å². The number of piperidine rings is 1. The Kier molecular flexibility index (Phi) is 3.33. The van der Waals surface area contributed by atoms with Crippen molar-refractivity contribution in [1.29, 1.82) is 0 Å². The van der Waals surface area contributed by atoms with Gasteiger partial charge in [-0.05, 0) is 31.5 Å². The van der Waals surface area contributed by atoms with Crippen molar-refractivity contribution in [2.24, 2.45) is 0 Å². The lowest BCUT2D eigenvalue weighted by molar-refractivity contribution is -0.156. The Bertz CT molecular complexity index is 411. The second-order valence-electron chi connectivity index (χ2n) is 4.45. The van der Waals surface area contributed by atoms with Gasteiger partial charge in [0, 0.05) is 13.0 Å². The van der Waals surface area contributed by atoms with Gasteiger partial charge < -0.3 is 15.2 Å². The first kappa shape index (κ1) is 11.9. The van der Waals surface area contributed by atoms with E-state index in [9.17, 15) is 9.90 Å². The fourth-order valence-electron chi connectivity index (χ4n) is 2.07. The van der Waals surface area contributed by atoms with Crippen molar-refractivity contribution in [2.75, 3.05) is 13.1 Å². The first-order chi connectivity index (χ1) is 8.14. The number of aryl methyl sites for hydroxylation is 1. The van der Waals surface area contributed by atoms with E-state index in [1.165, 1.54) is 0 Å². The van der Waals surface area contributed by atoms with E-state index < -0.39 is 11.6 Å². The Morgan fingerprint density at radius 3 is 2.82 bits per heavy atom. The van der Waals surface area contributed by atoms with Crippen molar-refractivity contribution in [2.45, 2.75) is 25.4 Å². The average molecular weight is 235 g/mol. The standard InChI is InChI=1S/C13H17NO3/c1-10-5-2-3-6-11(10)17-13(12(15)16)7-4-8-14-9-13/h2-3,5-6,14H,4,7-9H2,1H3,(H,15,16). The molecule has 0 bridgehead atoms. The van der Waals surface area contributed by atoms with Crippen LogP contribution in [0.25, 0.3) is 0 Å². The molecule has 1 aliphatic rings. The number of rotatable bonds is 3. The summed E-state index contributed by atoms with van der Waals surface area (Å²) in [6, 6.07) is 7.50. The summed E-state index contributed by atoms with van der Waals surface area (Å²) in [6.45, 7) is 3.13. The lowest BCUT2D eigenvalue weighted by Gasteiger charge is -2.34. The van der Waals surface area contributed by atoms with E-state index in [0.717, 1.165) is 18.5 Å². The summed E-state index contributed by atoms with van der Waals surface area (Å²) in [6.07, 6.45) is 1.36. The summed E-state index contributed by atoms with van der Waals surface area (Å²) in [7, 11) is 0. The van der Waals surface area contributed by atoms with Crippen molar-refractivity contribution >= 4 is 5.97 Å². The van der Waals surface area contributed by atoms with Gasteiger partial charge in [0.25, 0.3) is 0 Å². The number of aliphatic carboxylic acids is 1. The molecule has 0 spiro atoms. The van der Waals surface area contributed by atoms with E-state index in [2.05, 4.69) is 5.32 Å². The summed E-state index contributed by atoms with van der Waals surface area (Å²) in [5, 5.41) is 12.5. The van der Waals surface area contributed by atoms with Gasteiger partial charge in [0.15, 0.2) is 0 Å². The molecule has 0 aromatic heterocycles. The SMILES string of the molecule is Cc1ccccc1OC1(C(=O)O)CCCNC1. The molecule has 0 saturated carbocycles. The maximum Gasteiger partial charge on any atom is 0.349 e. The molecule has 1 fully saturated rings. The number of nitrogens with one attached hydrogen (secondary N) is 1. The lowest BCUT2D eigenvalue weighted by Crippen LogP contribution is -2.55. The molecular weight excluding hydrogens is 218 g/mol. The van der Waals surface area contributed by atoms with Gasteiger partial charge in [-0.3, -0.25) is 0 Å². The summed E-state index contributed by atoms with van der Waals surface area (Å²) in [4.78, 5) is 11.4. The normalized spacial score (nSPS) is 24.3. The van der Waals surface area contributed by atoms with Crippen LogP contribution in [0.1, 0.15) is 18.4 Å². The van der Waals surface area contributed by atoms with Gasteiger partial charge in [-0.2, -0.15) is 0 Å². The maximum atomic E-state index is 11.4. The van der Waals surface area contributed by atoms with E-state index in [1.54, 1.807) is 0 Å². The van der Waals surface area contributed by atoms with Crippen molar-refractivity contribution < 1.29 is 14.6 Å². The van der Waals surface area contributed by atoms with Gasteiger partial charge in [0.2, 0.25) is 5.60 Å². The summed E-state index contributed by atoms with van der Waals surface area (Å²) in [5.41, 5.74) is -0.164. The number of para-hydroxylation sites is 1. The molecule has 1 unspecified atom stereocenters. The fourth-order valence-corrected chi connectivity index (χ4v) is 2.07. The predicted molar refractivity (Wildman–Crippen MR) is 64.3 cm³/mol. The first-order valence-electron chi connectivity index (χ1n) is 5.83. The maximum absolute atomic E-state index is 11.4. The van der Waals surface area contributed by atoms with Crippen LogP contribution in [0.2, 0.25) is 0 Å². The molecule has 4 nitrogen and oxygen atoms in total. The van der Waals surface area contributed by atoms with E-state index in [-0.39, 0.29) is 0 Å². The highest BCUT2D eigenvalue weighted by Gasteiger charge is 2.42. The van der Waals surface area contributed by atoms with Crippen LogP contribution in [0.4, 0.5) is 0 Å². The van der Waals surface area contributed by atoms with Gasteiger partial charge in [-0.25, -0.2) is 4.79 Å². The molecule has 92 valence electrons. The molecule has 1 aromatic rings. The van der Waals surface area contributed by atoms with Crippen molar-refractivity contribution in [1.82, 2.24) is 5.32 Å². The molecular formula is C13H17NO3. The minimum Gasteiger partial charge on any atom is -0.478 e. The predicted octanol–water partition coefficient (Wildman–Crippen LogP) is 1.58. The molecule has 0 radical (unpaired) electrons. The third-order valence-electron chi connectivity index (χ3n) is 3.13. The minimum absolute atomic E-state index is 0.358. The van der Waals surface area contributed by atoms with Gasteiger partial charge in [0.1, 0.15) is 5.75 Å². The zero-order valence-electron chi connectivity index (χ0n) is 9.90. The number of carbonyl (C=O) groups is 1. The molecule has 1 aromatic carbocycles. The van der Waals surface area contributed by atoms with Crippen LogP contribution in [0, 0.1) is 6.92 Å². The van der Waals surface area contributed by atoms with Crippen LogP contribution < -0.4 is 10.1 Å². The van der Waals surface area contributed by atoms with Gasteiger partial charge in [-0.1, -0.05) is 18.2 Å². The number of hydrogen-bond donors (Lipinski definition) is 2. The van der Waals surface area contributed by atoms with Crippen LogP contribution in [0.3, 0.4) is 0 Å². The molecule has 1 atom stereocenters. The van der Waals surface area contributed by atoms with Crippen LogP contribution in [0.5, 0.6) is 5.75 Å². The number of benzene rings is 1. The van der Waals surface area contributed by atoms with Crippen LogP contribution in [-0.4, -0.2) is 29.8 Å². The summed E-state index contributed by atoms with van der Waals surface area (Å²) < 4.78 is 5.77. The molecule has 0 aliphatic carbocycles. The Hall–Kier alpha value is -1.55. The third-order valence-corrected chi connectivity index (χ3v) is 3.13. The molecule has 2 rings (SSSR count). The van der Waals surface area contributed by atoms with Gasteiger partial charge in [0.05, 0.1) is 0 Å². The topological polar surface area (TPSA) is 58.6 Å². The zero-order chi connectivity index (χ0) is 12.3. The Morgan fingerprint density at radius 1 is 1.47 bits per heavy atom. The summed E-state index contributed by atoms with van der Waals surface area (Å²) in [5.74, 6) is -0.244. The molecule has 2 N–H and O–H groups in total. The molecule has 0 amide bonds. The van der Waals surface area contributed by atoms with Gasteiger partial charge >= 0.3 is 5.97 Å². The van der Waals surface area contributed by atoms with Crippen molar-refractivity contribution in [3.63, 3.8) is 0 Å². The summed E-state index contributed by atoms with van der Waals surface area (Å²) >= 11 is 0. The van der Waals surface area contributed by atoms with E-state index in [1.807, 2.05) is 31.2 Å². The second-order valence-corrected chi connectivity index (χ2v) is 4.45. The second kappa shape index (κ2) is 4.75. The Balaban J connectivity index is 2.24. The first-order valence-corrected chi connectivity index (χ1v) is 5.83. The molecule has 1 heterocycles. The number of hydrogen-bond acceptors (Lipinski definition) is 3. The quantitative estimate of drug-likeness (QED) is 0.835. The highest BCUT2D eigenvalue weighted by Crippen LogP contribution is 2.27. The number of carboxylic acids is 1. The van der Waals surface area contributed by atoms with Gasteiger partial charge in [-0.15, -0.1) is 0 Å². The highest BCUT2D eigenvalue weighted by atomic mass is 16.5. The highest BCUT2D eigenvalue weighted by molar-refractivity contribution is 5.78. The molecule has 1 aliphatic heterocycles. The Morgan fingerprint density at radius 2 is 2.24 bits per heavy atom. The molecule has 1 saturated heterocycles. The monoisotopic (exact) mass is 235 g/mol. The molecule has 17 heavy (non-hydrogen) atoms. The minimum atomic E-state index is -1.12. The fraction of sp³-hybridized carbons (Fsp3) is 0.462. The van der Waals surface area contributed by atoms with Crippen LogP contribution >= 0.6 is 0 Å². The number of ether oxygens (including phenoxy) is 1. The lowest BCUT2D eigenvalue weighted by atomic mass is 9.94. The smallest absolute Gasteiger partial charge is 0.349 e.